The van der Waals surface area contributed by atoms with E-state index in [0.29, 0.717) is 11.3 Å². The number of anilines is 1. The van der Waals surface area contributed by atoms with Crippen LogP contribution in [0.1, 0.15) is 41.8 Å². The number of allylic oxidation sites excluding steroid dienone is 1. The Bertz CT molecular complexity index is 1050. The number of hydrogen-bond donors (Lipinski definition) is 1. The monoisotopic (exact) mass is 398 g/mol. The molecule has 0 unspecified atom stereocenters. The predicted molar refractivity (Wildman–Crippen MR) is 124 cm³/mol. The van der Waals surface area contributed by atoms with Crippen LogP contribution in [0.15, 0.2) is 89.9 Å². The molecule has 0 radical (unpaired) electrons. The maximum Gasteiger partial charge on any atom is 0.255 e. The molecule has 0 spiro atoms. The molecule has 0 aliphatic carbocycles. The average Bonchev–Trinajstić information content (AvgIpc) is 2.80. The van der Waals surface area contributed by atoms with Gasteiger partial charge < -0.3 is 10.1 Å². The van der Waals surface area contributed by atoms with E-state index in [0.717, 1.165) is 34.6 Å². The number of carbonyl (C=O) groups excluding carboxylic acids is 1. The molecule has 0 saturated carbocycles. The number of hydrogen-bond acceptors (Lipinski definition) is 3. The number of amides is 1. The molecule has 3 aromatic rings. The minimum absolute atomic E-state index is 0.168. The highest BCUT2D eigenvalue weighted by molar-refractivity contribution is 6.05. The second-order valence-electron chi connectivity index (χ2n) is 6.72. The third-order valence-electron chi connectivity index (χ3n) is 4.74. The molecule has 0 fully saturated rings. The number of ether oxygens (including phenoxy) is 1. The first-order valence-corrected chi connectivity index (χ1v) is 9.99. The van der Waals surface area contributed by atoms with Crippen molar-refractivity contribution in [3.8, 4) is 5.75 Å². The van der Waals surface area contributed by atoms with Crippen LogP contribution in [-0.2, 0) is 0 Å². The zero-order valence-electron chi connectivity index (χ0n) is 17.6. The van der Waals surface area contributed by atoms with Crippen LogP contribution in [0.25, 0.3) is 5.70 Å². The lowest BCUT2D eigenvalue weighted by Gasteiger charge is -2.10. The summed E-state index contributed by atoms with van der Waals surface area (Å²) in [6.07, 6.45) is 2.82. The molecule has 0 heterocycles. The summed E-state index contributed by atoms with van der Waals surface area (Å²) in [4.78, 5) is 17.5. The smallest absolute Gasteiger partial charge is 0.255 e. The summed E-state index contributed by atoms with van der Waals surface area (Å²) in [7, 11) is 1.60. The quantitative estimate of drug-likeness (QED) is 0.481. The number of aliphatic imine (C=N–C) groups is 1. The Morgan fingerprint density at radius 3 is 2.27 bits per heavy atom. The van der Waals surface area contributed by atoms with Gasteiger partial charge in [0.25, 0.3) is 5.91 Å². The highest BCUT2D eigenvalue weighted by atomic mass is 16.5. The standard InChI is InChI=1S/C26H26N2O2/c1-4-24(19-10-7-6-8-11-19)28-25(5-2)21-12-9-13-22(18-21)27-26(29)20-14-16-23(30-3)17-15-20/h5-18H,4H2,1-3H3,(H,27,29)/b25-5-,28-24?. The normalized spacial score (nSPS) is 11.8. The van der Waals surface area contributed by atoms with Gasteiger partial charge in [0.15, 0.2) is 0 Å². The molecule has 0 saturated heterocycles. The fraction of sp³-hybridized carbons (Fsp3) is 0.154. The van der Waals surface area contributed by atoms with Gasteiger partial charge in [-0.2, -0.15) is 0 Å². The first kappa shape index (κ1) is 21.1. The van der Waals surface area contributed by atoms with Crippen LogP contribution in [0.2, 0.25) is 0 Å². The van der Waals surface area contributed by atoms with Gasteiger partial charge in [-0.1, -0.05) is 55.5 Å². The van der Waals surface area contributed by atoms with Gasteiger partial charge >= 0.3 is 0 Å². The zero-order chi connectivity index (χ0) is 21.3. The molecule has 0 aromatic heterocycles. The van der Waals surface area contributed by atoms with Crippen LogP contribution in [0.3, 0.4) is 0 Å². The Kier molecular flexibility index (Phi) is 7.17. The number of nitrogens with one attached hydrogen (secondary N) is 1. The fourth-order valence-electron chi connectivity index (χ4n) is 3.12. The first-order chi connectivity index (χ1) is 14.6. The van der Waals surface area contributed by atoms with E-state index >= 15 is 0 Å². The summed E-state index contributed by atoms with van der Waals surface area (Å²) < 4.78 is 5.14. The van der Waals surface area contributed by atoms with Gasteiger partial charge in [-0.3, -0.25) is 9.79 Å². The lowest BCUT2D eigenvalue weighted by Crippen LogP contribution is -2.11. The molecule has 0 aliphatic rings. The Labute approximate surface area is 177 Å². The van der Waals surface area contributed by atoms with Crippen LogP contribution in [0.5, 0.6) is 5.75 Å². The van der Waals surface area contributed by atoms with Crippen molar-refractivity contribution in [3.05, 3.63) is 102 Å². The summed E-state index contributed by atoms with van der Waals surface area (Å²) >= 11 is 0. The maximum absolute atomic E-state index is 12.6. The van der Waals surface area contributed by atoms with E-state index in [1.54, 1.807) is 31.4 Å². The number of benzene rings is 3. The third-order valence-corrected chi connectivity index (χ3v) is 4.74. The second kappa shape index (κ2) is 10.2. The predicted octanol–water partition coefficient (Wildman–Crippen LogP) is 6.21. The minimum Gasteiger partial charge on any atom is -0.497 e. The van der Waals surface area contributed by atoms with E-state index in [1.807, 2.05) is 55.5 Å². The number of rotatable bonds is 7. The topological polar surface area (TPSA) is 50.7 Å². The summed E-state index contributed by atoms with van der Waals surface area (Å²) in [6.45, 7) is 4.07. The van der Waals surface area contributed by atoms with Crippen molar-refractivity contribution in [2.45, 2.75) is 20.3 Å². The van der Waals surface area contributed by atoms with E-state index in [9.17, 15) is 4.79 Å². The summed E-state index contributed by atoms with van der Waals surface area (Å²) in [5.41, 5.74) is 5.26. The molecule has 1 amide bonds. The molecule has 0 bridgehead atoms. The Morgan fingerprint density at radius 1 is 0.933 bits per heavy atom. The first-order valence-electron chi connectivity index (χ1n) is 9.99. The number of nitrogens with zero attached hydrogens (tertiary/aromatic N) is 1. The van der Waals surface area contributed by atoms with Gasteiger partial charge in [-0.05, 0) is 55.3 Å². The van der Waals surface area contributed by atoms with Gasteiger partial charge in [0.2, 0.25) is 0 Å². The van der Waals surface area contributed by atoms with Crippen molar-refractivity contribution in [2.75, 3.05) is 12.4 Å². The van der Waals surface area contributed by atoms with E-state index in [-0.39, 0.29) is 5.91 Å². The molecule has 4 heteroatoms. The maximum atomic E-state index is 12.6. The van der Waals surface area contributed by atoms with E-state index in [4.69, 9.17) is 9.73 Å². The summed E-state index contributed by atoms with van der Waals surface area (Å²) in [5, 5.41) is 2.96. The van der Waals surface area contributed by atoms with Crippen LogP contribution in [0.4, 0.5) is 5.69 Å². The highest BCUT2D eigenvalue weighted by Crippen LogP contribution is 2.22. The van der Waals surface area contributed by atoms with Crippen molar-refractivity contribution >= 4 is 23.0 Å². The number of carbonyl (C=O) groups is 1. The average molecular weight is 399 g/mol. The van der Waals surface area contributed by atoms with Crippen LogP contribution in [-0.4, -0.2) is 18.7 Å². The van der Waals surface area contributed by atoms with E-state index < -0.39 is 0 Å². The Hall–Kier alpha value is -3.66. The molecule has 0 aliphatic heterocycles. The van der Waals surface area contributed by atoms with Gasteiger partial charge in [0, 0.05) is 22.5 Å². The van der Waals surface area contributed by atoms with Gasteiger partial charge in [-0.25, -0.2) is 0 Å². The Morgan fingerprint density at radius 2 is 1.63 bits per heavy atom. The largest absolute Gasteiger partial charge is 0.497 e. The molecular weight excluding hydrogens is 372 g/mol. The van der Waals surface area contributed by atoms with Crippen molar-refractivity contribution in [1.29, 1.82) is 0 Å². The van der Waals surface area contributed by atoms with Gasteiger partial charge in [0.1, 0.15) is 5.75 Å². The van der Waals surface area contributed by atoms with Gasteiger partial charge in [0.05, 0.1) is 12.8 Å². The van der Waals surface area contributed by atoms with Crippen LogP contribution >= 0.6 is 0 Å². The molecule has 4 nitrogen and oxygen atoms in total. The van der Waals surface area contributed by atoms with Crippen molar-refractivity contribution in [3.63, 3.8) is 0 Å². The van der Waals surface area contributed by atoms with Crippen molar-refractivity contribution in [1.82, 2.24) is 0 Å². The van der Waals surface area contributed by atoms with Gasteiger partial charge in [-0.15, -0.1) is 0 Å². The molecule has 152 valence electrons. The summed E-state index contributed by atoms with van der Waals surface area (Å²) in [5.74, 6) is 0.549. The van der Waals surface area contributed by atoms with Crippen LogP contribution < -0.4 is 10.1 Å². The van der Waals surface area contributed by atoms with Crippen LogP contribution in [0, 0.1) is 0 Å². The highest BCUT2D eigenvalue weighted by Gasteiger charge is 2.09. The molecular formula is C26H26N2O2. The number of methoxy groups -OCH3 is 1. The lowest BCUT2D eigenvalue weighted by molar-refractivity contribution is 0.102. The van der Waals surface area contributed by atoms with Crippen molar-refractivity contribution < 1.29 is 9.53 Å². The zero-order valence-corrected chi connectivity index (χ0v) is 17.6. The molecule has 3 rings (SSSR count). The SMILES string of the molecule is C/C=C(\N=C(CC)c1ccccc1)c1cccc(NC(=O)c2ccc(OC)cc2)c1. The molecule has 0 atom stereocenters. The molecule has 3 aromatic carbocycles. The Balaban J connectivity index is 1.82. The van der Waals surface area contributed by atoms with E-state index in [1.165, 1.54) is 0 Å². The minimum atomic E-state index is -0.168. The lowest BCUT2D eigenvalue weighted by atomic mass is 10.1. The van der Waals surface area contributed by atoms with E-state index in [2.05, 4.69) is 24.4 Å². The van der Waals surface area contributed by atoms with Crippen molar-refractivity contribution in [2.24, 2.45) is 4.99 Å². The third kappa shape index (κ3) is 5.23. The second-order valence-corrected chi connectivity index (χ2v) is 6.72. The summed E-state index contributed by atoms with van der Waals surface area (Å²) in [6, 6.07) is 25.0. The molecule has 30 heavy (non-hydrogen) atoms. The fourth-order valence-corrected chi connectivity index (χ4v) is 3.12. The molecule has 1 N–H and O–H groups in total.